The molecule has 1 aliphatic heterocycles. The van der Waals surface area contributed by atoms with E-state index in [1.54, 1.807) is 4.68 Å². The quantitative estimate of drug-likeness (QED) is 0.592. The highest BCUT2D eigenvalue weighted by atomic mass is 32.3. The fourth-order valence-electron chi connectivity index (χ4n) is 4.26. The van der Waals surface area contributed by atoms with E-state index in [0.717, 1.165) is 37.8 Å². The third-order valence-electron chi connectivity index (χ3n) is 5.62. The molecule has 9 heteroatoms. The van der Waals surface area contributed by atoms with Crippen LogP contribution >= 0.6 is 0 Å². The van der Waals surface area contributed by atoms with Crippen molar-refractivity contribution >= 4 is 22.0 Å². The first-order chi connectivity index (χ1) is 12.9. The molecule has 1 aromatic heterocycles. The molecule has 2 heterocycles. The van der Waals surface area contributed by atoms with Gasteiger partial charge in [0.25, 0.3) is 0 Å². The third kappa shape index (κ3) is 2.64. The highest BCUT2D eigenvalue weighted by Crippen LogP contribution is 2.39. The van der Waals surface area contributed by atoms with Crippen LogP contribution < -0.4 is 19.9 Å². The number of aryl methyl sites for hydroxylation is 2. The van der Waals surface area contributed by atoms with Gasteiger partial charge in [0.1, 0.15) is 11.0 Å². The van der Waals surface area contributed by atoms with E-state index >= 15 is 0 Å². The molecule has 0 unspecified atom stereocenters. The van der Waals surface area contributed by atoms with Crippen LogP contribution in [0.1, 0.15) is 35.6 Å². The second-order valence-corrected chi connectivity index (χ2v) is 9.57. The number of carbonyl (C=O) groups is 1. The second kappa shape index (κ2) is 5.80. The molecule has 0 bridgehead atoms. The number of nitrogens with one attached hydrogen (secondary N) is 2. The smallest absolute Gasteiger partial charge is 0.330 e. The summed E-state index contributed by atoms with van der Waals surface area (Å²) < 4.78 is 22.7. The standard InChI is InChI=1S/C18H23N5O3S/c1-10-9-23-17(26-10)15(8-20-23)27(19,25)22-18(24)21-16-13-4-2-3-11(13)7-12-5-6-14(12)16/h7-8,10,27H,2-6,9H2,1H3,(H4,19,21,22,24,25)/t10-/m1/s1. The molecule has 8 nitrogen and oxygen atoms in total. The van der Waals surface area contributed by atoms with Crippen molar-refractivity contribution in [1.82, 2.24) is 14.5 Å². The summed E-state index contributed by atoms with van der Waals surface area (Å²) in [5.74, 6) is 0.373. The zero-order valence-corrected chi connectivity index (χ0v) is 16.0. The molecule has 5 rings (SSSR count). The van der Waals surface area contributed by atoms with Gasteiger partial charge in [-0.15, -0.1) is 0 Å². The fraction of sp³-hybridized carbons (Fsp3) is 0.444. The number of rotatable bonds is 3. The van der Waals surface area contributed by atoms with Crippen LogP contribution in [-0.2, 0) is 42.5 Å². The van der Waals surface area contributed by atoms with E-state index in [-0.39, 0.29) is 11.0 Å². The minimum atomic E-state index is -3.66. The maximum atomic E-state index is 13.0. The Bertz CT molecular complexity index is 1010. The van der Waals surface area contributed by atoms with Crippen molar-refractivity contribution in [2.24, 2.45) is 5.14 Å². The number of urea groups is 1. The minimum absolute atomic E-state index is 0.0629. The molecule has 0 radical (unpaired) electrons. The number of nitrogens with zero attached hydrogens (tertiary/aromatic N) is 2. The number of hydrogen-bond donors (Lipinski definition) is 4. The molecular weight excluding hydrogens is 366 g/mol. The lowest BCUT2D eigenvalue weighted by Gasteiger charge is -2.27. The van der Waals surface area contributed by atoms with Crippen LogP contribution in [0.15, 0.2) is 17.2 Å². The summed E-state index contributed by atoms with van der Waals surface area (Å²) in [6.07, 6.45) is 6.46. The lowest BCUT2D eigenvalue weighted by atomic mass is 9.83. The van der Waals surface area contributed by atoms with Crippen molar-refractivity contribution in [3.8, 4) is 5.88 Å². The topological polar surface area (TPSA) is 111 Å². The Morgan fingerprint density at radius 2 is 2.07 bits per heavy atom. The number of fused-ring (bicyclic) bond motifs is 3. The molecule has 0 fully saturated rings. The van der Waals surface area contributed by atoms with Crippen molar-refractivity contribution in [2.75, 3.05) is 5.32 Å². The van der Waals surface area contributed by atoms with Crippen LogP contribution in [0.5, 0.6) is 5.88 Å². The number of aromatic nitrogens is 2. The maximum absolute atomic E-state index is 13.0. The Hall–Kier alpha value is -2.39. The van der Waals surface area contributed by atoms with E-state index in [1.807, 2.05) is 6.92 Å². The number of thiol groups is 1. The van der Waals surface area contributed by atoms with Crippen molar-refractivity contribution in [2.45, 2.75) is 56.6 Å². The van der Waals surface area contributed by atoms with Crippen molar-refractivity contribution in [3.63, 3.8) is 0 Å². The number of amides is 2. The van der Waals surface area contributed by atoms with E-state index in [1.165, 1.54) is 28.5 Å². The van der Waals surface area contributed by atoms with E-state index in [0.29, 0.717) is 12.4 Å². The normalized spacial score (nSPS) is 20.1. The van der Waals surface area contributed by atoms with Crippen molar-refractivity contribution < 1.29 is 13.7 Å². The van der Waals surface area contributed by atoms with Crippen LogP contribution in [0, 0.1) is 0 Å². The highest BCUT2D eigenvalue weighted by molar-refractivity contribution is 7.99. The molecule has 4 N–H and O–H groups in total. The summed E-state index contributed by atoms with van der Waals surface area (Å²) >= 11 is 0. The van der Waals surface area contributed by atoms with Crippen molar-refractivity contribution in [1.29, 1.82) is 0 Å². The SMILES string of the molecule is C[C@@H]1Cn2ncc([SH](N)(=O)NC(=O)Nc3c4c(cc5c3CC5)CCC4)c2O1. The molecule has 0 saturated heterocycles. The zero-order valence-electron chi connectivity index (χ0n) is 15.1. The van der Waals surface area contributed by atoms with E-state index in [4.69, 9.17) is 9.88 Å². The Morgan fingerprint density at radius 1 is 1.30 bits per heavy atom. The van der Waals surface area contributed by atoms with Gasteiger partial charge in [-0.25, -0.2) is 13.7 Å². The highest BCUT2D eigenvalue weighted by Gasteiger charge is 2.31. The van der Waals surface area contributed by atoms with Gasteiger partial charge < -0.3 is 10.1 Å². The third-order valence-corrected chi connectivity index (χ3v) is 7.18. The van der Waals surface area contributed by atoms with Crippen LogP contribution in [0.2, 0.25) is 0 Å². The number of anilines is 1. The molecule has 2 aliphatic carbocycles. The number of benzene rings is 1. The van der Waals surface area contributed by atoms with Gasteiger partial charge >= 0.3 is 6.03 Å². The molecule has 1 aromatic carbocycles. The van der Waals surface area contributed by atoms with Gasteiger partial charge in [-0.2, -0.15) is 5.10 Å². The second-order valence-electron chi connectivity index (χ2n) is 7.55. The first-order valence-electron chi connectivity index (χ1n) is 9.30. The zero-order chi connectivity index (χ0) is 18.8. The predicted molar refractivity (Wildman–Crippen MR) is 102 cm³/mol. The summed E-state index contributed by atoms with van der Waals surface area (Å²) in [4.78, 5) is 12.9. The van der Waals surface area contributed by atoms with Gasteiger partial charge in [0.15, 0.2) is 0 Å². The number of ether oxygens (including phenoxy) is 1. The average Bonchev–Trinajstić information content (AvgIpc) is 3.24. The first kappa shape index (κ1) is 16.8. The van der Waals surface area contributed by atoms with E-state index < -0.39 is 16.3 Å². The summed E-state index contributed by atoms with van der Waals surface area (Å²) in [6.45, 7) is 2.47. The monoisotopic (exact) mass is 389 g/mol. The van der Waals surface area contributed by atoms with Crippen LogP contribution in [0.25, 0.3) is 0 Å². The molecule has 0 spiro atoms. The molecule has 2 amide bonds. The lowest BCUT2D eigenvalue weighted by molar-refractivity contribution is 0.248. The molecule has 144 valence electrons. The van der Waals surface area contributed by atoms with Crippen molar-refractivity contribution in [3.05, 3.63) is 34.5 Å². The van der Waals surface area contributed by atoms with Gasteiger partial charge in [0.05, 0.1) is 12.7 Å². The first-order valence-corrected chi connectivity index (χ1v) is 11.1. The van der Waals surface area contributed by atoms with Gasteiger partial charge in [-0.1, -0.05) is 6.07 Å². The summed E-state index contributed by atoms with van der Waals surface area (Å²) in [5.41, 5.74) is 5.91. The molecule has 3 aliphatic rings. The van der Waals surface area contributed by atoms with Crippen LogP contribution in [-0.4, -0.2) is 26.1 Å². The average molecular weight is 389 g/mol. The fourth-order valence-corrected chi connectivity index (χ4v) is 5.42. The minimum Gasteiger partial charge on any atom is -0.472 e. The molecular formula is C18H23N5O3S. The largest absolute Gasteiger partial charge is 0.472 e. The van der Waals surface area contributed by atoms with Gasteiger partial charge in [0.2, 0.25) is 5.88 Å². The maximum Gasteiger partial charge on any atom is 0.330 e. The van der Waals surface area contributed by atoms with Gasteiger partial charge in [-0.05, 0) is 61.3 Å². The number of nitrogens with two attached hydrogens (primary N) is 1. The van der Waals surface area contributed by atoms with E-state index in [9.17, 15) is 9.00 Å². The number of hydrogen-bond acceptors (Lipinski definition) is 4. The Balaban J connectivity index is 1.39. The summed E-state index contributed by atoms with van der Waals surface area (Å²) in [5, 5.41) is 13.1. The molecule has 1 atom stereocenters. The van der Waals surface area contributed by atoms with Crippen LogP contribution in [0.4, 0.5) is 10.5 Å². The Morgan fingerprint density at radius 3 is 2.85 bits per heavy atom. The Labute approximate surface area is 158 Å². The van der Waals surface area contributed by atoms with Crippen LogP contribution in [0.3, 0.4) is 0 Å². The predicted octanol–water partition coefficient (Wildman–Crippen LogP) is 1.24. The van der Waals surface area contributed by atoms with Gasteiger partial charge in [0, 0.05) is 16.0 Å². The Kier molecular flexibility index (Phi) is 3.60. The molecule has 27 heavy (non-hydrogen) atoms. The van der Waals surface area contributed by atoms with Gasteiger partial charge in [-0.3, -0.25) is 9.86 Å². The summed E-state index contributed by atoms with van der Waals surface area (Å²) in [7, 11) is -3.66. The summed E-state index contributed by atoms with van der Waals surface area (Å²) in [6, 6.07) is 1.72. The van der Waals surface area contributed by atoms with E-state index in [2.05, 4.69) is 21.2 Å². The molecule has 2 aromatic rings. The lowest BCUT2D eigenvalue weighted by Crippen LogP contribution is -2.45. The number of carbonyl (C=O) groups excluding carboxylic acids is 1. The molecule has 0 saturated carbocycles.